The molecular weight excluding hydrogens is 268 g/mol. The fourth-order valence-electron chi connectivity index (χ4n) is 1.41. The Labute approximate surface area is 115 Å². The van der Waals surface area contributed by atoms with Gasteiger partial charge in [0.25, 0.3) is 0 Å². The second-order valence-electron chi connectivity index (χ2n) is 4.04. The molecule has 0 fully saturated rings. The third-order valence-electron chi connectivity index (χ3n) is 2.55. The van der Waals surface area contributed by atoms with Gasteiger partial charge in [0.15, 0.2) is 0 Å². The molecule has 7 nitrogen and oxygen atoms in total. The Bertz CT molecular complexity index is 410. The van der Waals surface area contributed by atoms with Crippen LogP contribution >= 0.6 is 11.8 Å². The van der Waals surface area contributed by atoms with Crippen LogP contribution in [0.25, 0.3) is 0 Å². The van der Waals surface area contributed by atoms with E-state index < -0.39 is 12.0 Å². The van der Waals surface area contributed by atoms with Crippen LogP contribution in [0.3, 0.4) is 0 Å². The van der Waals surface area contributed by atoms with Gasteiger partial charge in [-0.1, -0.05) is 0 Å². The smallest absolute Gasteiger partial charge is 0.326 e. The lowest BCUT2D eigenvalue weighted by molar-refractivity contribution is -0.139. The monoisotopic (exact) mass is 286 g/mol. The number of imidazole rings is 1. The molecule has 0 spiro atoms. The maximum atomic E-state index is 11.8. The molecule has 0 saturated carbocycles. The normalized spacial score (nSPS) is 11.9. The van der Waals surface area contributed by atoms with E-state index in [0.717, 1.165) is 5.75 Å². The van der Waals surface area contributed by atoms with E-state index in [2.05, 4.69) is 15.3 Å². The van der Waals surface area contributed by atoms with Gasteiger partial charge >= 0.3 is 12.0 Å². The summed E-state index contributed by atoms with van der Waals surface area (Å²) in [6, 6.07) is -1.36. The van der Waals surface area contributed by atoms with Crippen LogP contribution in [0.4, 0.5) is 4.79 Å². The Balaban J connectivity index is 2.53. The molecule has 0 unspecified atom stereocenters. The summed E-state index contributed by atoms with van der Waals surface area (Å²) in [6.45, 7) is 0.573. The molecule has 19 heavy (non-hydrogen) atoms. The molecule has 106 valence electrons. The van der Waals surface area contributed by atoms with Crippen LogP contribution in [0.2, 0.25) is 0 Å². The minimum atomic E-state index is -1.07. The van der Waals surface area contributed by atoms with Gasteiger partial charge in [-0.25, -0.2) is 14.6 Å². The van der Waals surface area contributed by atoms with Gasteiger partial charge in [-0.3, -0.25) is 0 Å². The molecule has 3 N–H and O–H groups in total. The molecule has 0 bridgehead atoms. The zero-order valence-corrected chi connectivity index (χ0v) is 11.7. The highest BCUT2D eigenvalue weighted by molar-refractivity contribution is 7.98. The van der Waals surface area contributed by atoms with Crippen molar-refractivity contribution in [3.05, 3.63) is 18.2 Å². The number of aromatic amines is 1. The molecule has 0 aliphatic carbocycles. The molecule has 8 heteroatoms. The number of urea groups is 1. The molecule has 1 rings (SSSR count). The van der Waals surface area contributed by atoms with Crippen molar-refractivity contribution < 1.29 is 14.7 Å². The number of aromatic nitrogens is 2. The fraction of sp³-hybridized carbons (Fsp3) is 0.545. The molecule has 1 aromatic rings. The number of aliphatic carboxylic acids is 1. The van der Waals surface area contributed by atoms with Gasteiger partial charge in [-0.15, -0.1) is 0 Å². The lowest BCUT2D eigenvalue weighted by Gasteiger charge is -2.20. The van der Waals surface area contributed by atoms with Crippen molar-refractivity contribution in [2.45, 2.75) is 12.5 Å². The van der Waals surface area contributed by atoms with E-state index in [-0.39, 0.29) is 12.5 Å². The van der Waals surface area contributed by atoms with E-state index in [1.54, 1.807) is 25.0 Å². The highest BCUT2D eigenvalue weighted by Gasteiger charge is 2.22. The molecular formula is C11H18N4O3S. The van der Waals surface area contributed by atoms with Crippen LogP contribution < -0.4 is 5.32 Å². The van der Waals surface area contributed by atoms with E-state index in [0.29, 0.717) is 12.2 Å². The average molecular weight is 286 g/mol. The largest absolute Gasteiger partial charge is 0.480 e. The number of carbonyl (C=O) groups is 2. The van der Waals surface area contributed by atoms with Crippen molar-refractivity contribution in [2.24, 2.45) is 0 Å². The number of nitrogens with one attached hydrogen (secondary N) is 2. The summed E-state index contributed by atoms with van der Waals surface area (Å²) in [4.78, 5) is 31.0. The highest BCUT2D eigenvalue weighted by atomic mass is 32.2. The van der Waals surface area contributed by atoms with E-state index >= 15 is 0 Å². The first kappa shape index (κ1) is 15.4. The standard InChI is InChI=1S/C11H18N4O3S/c1-15(3-4-19-2)11(18)14-9(10(16)17)5-8-6-12-7-13-8/h6-7,9H,3-5H2,1-2H3,(H,12,13)(H,14,18)(H,16,17)/t9-/m0/s1. The molecule has 2 amide bonds. The third-order valence-corrected chi connectivity index (χ3v) is 3.14. The predicted molar refractivity (Wildman–Crippen MR) is 73.3 cm³/mol. The quantitative estimate of drug-likeness (QED) is 0.674. The first-order valence-electron chi connectivity index (χ1n) is 5.75. The summed E-state index contributed by atoms with van der Waals surface area (Å²) >= 11 is 1.63. The average Bonchev–Trinajstić information content (AvgIpc) is 2.87. The summed E-state index contributed by atoms with van der Waals surface area (Å²) in [6.07, 6.45) is 5.14. The van der Waals surface area contributed by atoms with Crippen LogP contribution in [0.5, 0.6) is 0 Å². The topological polar surface area (TPSA) is 98.3 Å². The molecule has 0 radical (unpaired) electrons. The minimum absolute atomic E-state index is 0.178. The van der Waals surface area contributed by atoms with E-state index in [1.807, 2.05) is 6.26 Å². The maximum absolute atomic E-state index is 11.8. The number of carbonyl (C=O) groups excluding carboxylic acids is 1. The van der Waals surface area contributed by atoms with E-state index in [4.69, 9.17) is 5.11 Å². The van der Waals surface area contributed by atoms with Crippen molar-refractivity contribution in [3.8, 4) is 0 Å². The fourth-order valence-corrected chi connectivity index (χ4v) is 1.86. The summed E-state index contributed by atoms with van der Waals surface area (Å²) in [5, 5.41) is 11.6. The Morgan fingerprint density at radius 3 is 2.89 bits per heavy atom. The molecule has 1 aromatic heterocycles. The lowest BCUT2D eigenvalue weighted by Crippen LogP contribution is -2.48. The lowest BCUT2D eigenvalue weighted by atomic mass is 10.1. The van der Waals surface area contributed by atoms with Crippen molar-refractivity contribution in [2.75, 3.05) is 25.6 Å². The van der Waals surface area contributed by atoms with Crippen LogP contribution in [0.1, 0.15) is 5.69 Å². The number of H-pyrrole nitrogens is 1. The van der Waals surface area contributed by atoms with Crippen molar-refractivity contribution in [1.29, 1.82) is 0 Å². The van der Waals surface area contributed by atoms with E-state index in [9.17, 15) is 9.59 Å². The van der Waals surface area contributed by atoms with Gasteiger partial charge < -0.3 is 20.3 Å². The molecule has 0 saturated heterocycles. The first-order valence-corrected chi connectivity index (χ1v) is 7.14. The number of hydrogen-bond donors (Lipinski definition) is 3. The van der Waals surface area contributed by atoms with Crippen molar-refractivity contribution in [1.82, 2.24) is 20.2 Å². The molecule has 1 heterocycles. The zero-order chi connectivity index (χ0) is 14.3. The summed E-state index contributed by atoms with van der Waals surface area (Å²) in [5.74, 6) is -0.261. The van der Waals surface area contributed by atoms with Gasteiger partial charge in [0, 0.05) is 37.7 Å². The summed E-state index contributed by atoms with van der Waals surface area (Å²) in [7, 11) is 1.64. The Kier molecular flexibility index (Phi) is 6.20. The Morgan fingerprint density at radius 2 is 2.37 bits per heavy atom. The predicted octanol–water partition coefficient (Wildman–Crippen LogP) is 0.410. The van der Waals surface area contributed by atoms with Crippen LogP contribution in [-0.2, 0) is 11.2 Å². The second kappa shape index (κ2) is 7.67. The van der Waals surface area contributed by atoms with Crippen molar-refractivity contribution in [3.63, 3.8) is 0 Å². The van der Waals surface area contributed by atoms with Crippen LogP contribution in [-0.4, -0.2) is 63.6 Å². The number of rotatable bonds is 7. The summed E-state index contributed by atoms with van der Waals surface area (Å²) in [5.41, 5.74) is 0.666. The zero-order valence-electron chi connectivity index (χ0n) is 10.9. The Hall–Kier alpha value is -1.70. The maximum Gasteiger partial charge on any atom is 0.326 e. The number of hydrogen-bond acceptors (Lipinski definition) is 4. The SMILES string of the molecule is CSCCN(C)C(=O)N[C@@H](Cc1cnc[nH]1)C(=O)O. The van der Waals surface area contributed by atoms with Crippen molar-refractivity contribution >= 4 is 23.8 Å². The highest BCUT2D eigenvalue weighted by Crippen LogP contribution is 2.00. The number of carboxylic acids is 1. The number of thioether (sulfide) groups is 1. The number of nitrogens with zero attached hydrogens (tertiary/aromatic N) is 2. The number of carboxylic acid groups (broad SMARTS) is 1. The number of amides is 2. The summed E-state index contributed by atoms with van der Waals surface area (Å²) < 4.78 is 0. The van der Waals surface area contributed by atoms with Gasteiger partial charge in [-0.05, 0) is 6.26 Å². The first-order chi connectivity index (χ1) is 9.04. The minimum Gasteiger partial charge on any atom is -0.480 e. The second-order valence-corrected chi connectivity index (χ2v) is 5.02. The van der Waals surface area contributed by atoms with Gasteiger partial charge in [0.2, 0.25) is 0 Å². The van der Waals surface area contributed by atoms with Crippen LogP contribution in [0, 0.1) is 0 Å². The Morgan fingerprint density at radius 1 is 1.63 bits per heavy atom. The van der Waals surface area contributed by atoms with Crippen LogP contribution in [0.15, 0.2) is 12.5 Å². The van der Waals surface area contributed by atoms with Gasteiger partial charge in [0.05, 0.1) is 6.33 Å². The molecule has 0 aromatic carbocycles. The molecule has 0 aliphatic heterocycles. The van der Waals surface area contributed by atoms with E-state index in [1.165, 1.54) is 11.2 Å². The third kappa shape index (κ3) is 5.21. The van der Waals surface area contributed by atoms with Gasteiger partial charge in [-0.2, -0.15) is 11.8 Å². The van der Waals surface area contributed by atoms with Gasteiger partial charge in [0.1, 0.15) is 6.04 Å². The molecule has 1 atom stereocenters. The molecule has 0 aliphatic rings.